The molecule has 0 bridgehead atoms. The quantitative estimate of drug-likeness (QED) is 0.504. The van der Waals surface area contributed by atoms with E-state index in [1.165, 1.54) is 11.1 Å². The number of hydrogen-bond acceptors (Lipinski definition) is 3. The molecule has 4 rings (SSSR count). The SMILES string of the molecule is O=C(N(c1ccccc1)c1ccccc1)n1ncc(-c2cc(F)cc(F)c2)n1. The summed E-state index contributed by atoms with van der Waals surface area (Å²) in [6.07, 6.45) is 1.29. The molecule has 4 aromatic rings. The maximum Gasteiger partial charge on any atom is 0.371 e. The molecule has 1 heterocycles. The Labute approximate surface area is 159 Å². The van der Waals surface area contributed by atoms with Crippen molar-refractivity contribution in [3.8, 4) is 11.3 Å². The predicted octanol–water partition coefficient (Wildman–Crippen LogP) is 5.03. The molecule has 7 heteroatoms. The highest BCUT2D eigenvalue weighted by Crippen LogP contribution is 2.26. The van der Waals surface area contributed by atoms with Crippen LogP contribution < -0.4 is 4.90 Å². The molecule has 0 aliphatic heterocycles. The van der Waals surface area contributed by atoms with Crippen LogP contribution in [0.25, 0.3) is 11.3 Å². The monoisotopic (exact) mass is 376 g/mol. The van der Waals surface area contributed by atoms with Gasteiger partial charge in [0.25, 0.3) is 0 Å². The summed E-state index contributed by atoms with van der Waals surface area (Å²) in [5, 5.41) is 8.11. The van der Waals surface area contributed by atoms with Gasteiger partial charge in [-0.2, -0.15) is 5.10 Å². The number of hydrogen-bond donors (Lipinski definition) is 0. The number of rotatable bonds is 3. The summed E-state index contributed by atoms with van der Waals surface area (Å²) in [5.41, 5.74) is 1.65. The van der Waals surface area contributed by atoms with E-state index in [4.69, 9.17) is 0 Å². The maximum atomic E-state index is 13.5. The van der Waals surface area contributed by atoms with Crippen LogP contribution >= 0.6 is 0 Å². The Morgan fingerprint density at radius 1 is 0.821 bits per heavy atom. The Balaban J connectivity index is 1.73. The zero-order valence-electron chi connectivity index (χ0n) is 14.5. The van der Waals surface area contributed by atoms with Crippen molar-refractivity contribution < 1.29 is 13.6 Å². The van der Waals surface area contributed by atoms with E-state index in [0.717, 1.165) is 23.0 Å². The number of halogens is 2. The summed E-state index contributed by atoms with van der Waals surface area (Å²) in [7, 11) is 0. The Morgan fingerprint density at radius 2 is 1.36 bits per heavy atom. The lowest BCUT2D eigenvalue weighted by atomic mass is 10.1. The lowest BCUT2D eigenvalue weighted by Gasteiger charge is -2.21. The Morgan fingerprint density at radius 3 is 1.89 bits per heavy atom. The predicted molar refractivity (Wildman–Crippen MR) is 101 cm³/mol. The molecule has 138 valence electrons. The first-order valence-corrected chi connectivity index (χ1v) is 8.45. The maximum absolute atomic E-state index is 13.5. The van der Waals surface area contributed by atoms with Crippen molar-refractivity contribution in [3.05, 3.63) is 96.7 Å². The minimum Gasteiger partial charge on any atom is -0.260 e. The lowest BCUT2D eigenvalue weighted by Crippen LogP contribution is -2.32. The van der Waals surface area contributed by atoms with Gasteiger partial charge in [0.15, 0.2) is 0 Å². The van der Waals surface area contributed by atoms with Crippen LogP contribution in [0.1, 0.15) is 0 Å². The molecular weight excluding hydrogens is 362 g/mol. The van der Waals surface area contributed by atoms with Gasteiger partial charge in [0.1, 0.15) is 17.3 Å². The van der Waals surface area contributed by atoms with Gasteiger partial charge in [-0.05, 0) is 36.4 Å². The third-order valence-corrected chi connectivity index (χ3v) is 4.04. The fraction of sp³-hybridized carbons (Fsp3) is 0. The molecule has 0 saturated carbocycles. The second kappa shape index (κ2) is 7.40. The first kappa shape index (κ1) is 17.5. The molecule has 0 N–H and O–H groups in total. The number of anilines is 2. The van der Waals surface area contributed by atoms with Gasteiger partial charge in [-0.25, -0.2) is 13.6 Å². The number of para-hydroxylation sites is 2. The third-order valence-electron chi connectivity index (χ3n) is 4.04. The van der Waals surface area contributed by atoms with Gasteiger partial charge < -0.3 is 0 Å². The van der Waals surface area contributed by atoms with Crippen molar-refractivity contribution in [1.29, 1.82) is 0 Å². The van der Waals surface area contributed by atoms with E-state index in [0.29, 0.717) is 11.4 Å². The highest BCUT2D eigenvalue weighted by atomic mass is 19.1. The van der Waals surface area contributed by atoms with Crippen LogP contribution in [0.2, 0.25) is 0 Å². The molecule has 0 radical (unpaired) electrons. The number of aromatic nitrogens is 3. The average molecular weight is 376 g/mol. The Bertz CT molecular complexity index is 1050. The van der Waals surface area contributed by atoms with Gasteiger partial charge in [0.2, 0.25) is 0 Å². The standard InChI is InChI=1S/C21H14F2N4O/c22-16-11-15(12-17(23)13-16)20-14-24-27(25-20)21(28)26(18-7-3-1-4-8-18)19-9-5-2-6-10-19/h1-14H. The van der Waals surface area contributed by atoms with Gasteiger partial charge in [0.05, 0.1) is 17.6 Å². The molecular formula is C21H14F2N4O. The fourth-order valence-corrected chi connectivity index (χ4v) is 2.80. The highest BCUT2D eigenvalue weighted by molar-refractivity contribution is 5.99. The molecule has 1 aromatic heterocycles. The zero-order valence-corrected chi connectivity index (χ0v) is 14.5. The summed E-state index contributed by atoms with van der Waals surface area (Å²) < 4.78 is 27.0. The van der Waals surface area contributed by atoms with E-state index in [-0.39, 0.29) is 11.3 Å². The van der Waals surface area contributed by atoms with Crippen molar-refractivity contribution >= 4 is 17.4 Å². The zero-order chi connectivity index (χ0) is 19.5. The van der Waals surface area contributed by atoms with Crippen LogP contribution in [-0.4, -0.2) is 21.0 Å². The molecule has 28 heavy (non-hydrogen) atoms. The first-order valence-electron chi connectivity index (χ1n) is 8.45. The van der Waals surface area contributed by atoms with Crippen LogP contribution in [0, 0.1) is 11.6 Å². The normalized spacial score (nSPS) is 10.6. The molecule has 0 spiro atoms. The molecule has 0 aliphatic carbocycles. The van der Waals surface area contributed by atoms with Crippen molar-refractivity contribution in [2.75, 3.05) is 4.90 Å². The van der Waals surface area contributed by atoms with E-state index in [9.17, 15) is 13.6 Å². The van der Waals surface area contributed by atoms with Gasteiger partial charge in [-0.15, -0.1) is 5.10 Å². The van der Waals surface area contributed by atoms with Crippen molar-refractivity contribution in [3.63, 3.8) is 0 Å². The summed E-state index contributed by atoms with van der Waals surface area (Å²) in [4.78, 5) is 15.5. The molecule has 5 nitrogen and oxygen atoms in total. The molecule has 0 fully saturated rings. The number of amides is 1. The fourth-order valence-electron chi connectivity index (χ4n) is 2.80. The van der Waals surface area contributed by atoms with Crippen LogP contribution in [0.3, 0.4) is 0 Å². The van der Waals surface area contributed by atoms with Crippen molar-refractivity contribution in [2.45, 2.75) is 0 Å². The second-order valence-electron chi connectivity index (χ2n) is 5.97. The third kappa shape index (κ3) is 3.50. The summed E-state index contributed by atoms with van der Waals surface area (Å²) in [6.45, 7) is 0. The minimum absolute atomic E-state index is 0.188. The highest BCUT2D eigenvalue weighted by Gasteiger charge is 2.22. The first-order chi connectivity index (χ1) is 13.6. The lowest BCUT2D eigenvalue weighted by molar-refractivity contribution is 0.244. The van der Waals surface area contributed by atoms with E-state index in [1.807, 2.05) is 36.4 Å². The summed E-state index contributed by atoms with van der Waals surface area (Å²) in [6, 6.07) is 20.6. The smallest absolute Gasteiger partial charge is 0.260 e. The molecule has 3 aromatic carbocycles. The van der Waals surface area contributed by atoms with Gasteiger partial charge in [-0.3, -0.25) is 4.90 Å². The minimum atomic E-state index is -0.730. The Hall–Kier alpha value is -3.87. The number of nitrogens with zero attached hydrogens (tertiary/aromatic N) is 4. The van der Waals surface area contributed by atoms with Gasteiger partial charge in [0, 0.05) is 11.6 Å². The average Bonchev–Trinajstić information content (AvgIpc) is 3.19. The van der Waals surface area contributed by atoms with E-state index >= 15 is 0 Å². The van der Waals surface area contributed by atoms with Crippen LogP contribution in [0.15, 0.2) is 85.1 Å². The largest absolute Gasteiger partial charge is 0.371 e. The van der Waals surface area contributed by atoms with Crippen LogP contribution in [0.4, 0.5) is 25.0 Å². The molecule has 1 amide bonds. The number of carbonyl (C=O) groups is 1. The number of carbonyl (C=O) groups excluding carboxylic acids is 1. The van der Waals surface area contributed by atoms with Gasteiger partial charge in [-0.1, -0.05) is 41.2 Å². The second-order valence-corrected chi connectivity index (χ2v) is 5.97. The summed E-state index contributed by atoms with van der Waals surface area (Å²) in [5.74, 6) is -1.46. The van der Waals surface area contributed by atoms with E-state index in [1.54, 1.807) is 24.3 Å². The summed E-state index contributed by atoms with van der Waals surface area (Å²) >= 11 is 0. The van der Waals surface area contributed by atoms with E-state index in [2.05, 4.69) is 10.2 Å². The van der Waals surface area contributed by atoms with Crippen LogP contribution in [0.5, 0.6) is 0 Å². The van der Waals surface area contributed by atoms with Crippen molar-refractivity contribution in [1.82, 2.24) is 15.0 Å². The van der Waals surface area contributed by atoms with Crippen molar-refractivity contribution in [2.24, 2.45) is 0 Å². The molecule has 0 unspecified atom stereocenters. The van der Waals surface area contributed by atoms with Gasteiger partial charge >= 0.3 is 6.03 Å². The Kier molecular flexibility index (Phi) is 4.63. The molecule has 0 atom stereocenters. The number of benzene rings is 3. The molecule has 0 aliphatic rings. The van der Waals surface area contributed by atoms with E-state index < -0.39 is 17.7 Å². The van der Waals surface area contributed by atoms with Crippen LogP contribution in [-0.2, 0) is 0 Å². The topological polar surface area (TPSA) is 51.0 Å². The molecule has 0 saturated heterocycles.